The molecule has 1 fully saturated rings. The van der Waals surface area contributed by atoms with Crippen LogP contribution in [0.1, 0.15) is 24.1 Å². The number of hydrogen-bond acceptors (Lipinski definition) is 4. The Morgan fingerprint density at radius 1 is 1.50 bits per heavy atom. The van der Waals surface area contributed by atoms with Gasteiger partial charge in [0.1, 0.15) is 0 Å². The zero-order valence-corrected chi connectivity index (χ0v) is 12.8. The van der Waals surface area contributed by atoms with Gasteiger partial charge in [-0.25, -0.2) is 0 Å². The third kappa shape index (κ3) is 4.85. The smallest absolute Gasteiger partial charge is 0.0587 e. The molecule has 1 aromatic rings. The van der Waals surface area contributed by atoms with E-state index in [0.29, 0.717) is 0 Å². The summed E-state index contributed by atoms with van der Waals surface area (Å²) in [7, 11) is 1.75. The van der Waals surface area contributed by atoms with Crippen molar-refractivity contribution < 1.29 is 4.74 Å². The average molecular weight is 277 g/mol. The molecule has 1 aliphatic rings. The predicted octanol–water partition coefficient (Wildman–Crippen LogP) is 1.84. The maximum absolute atomic E-state index is 5.06. The monoisotopic (exact) mass is 277 g/mol. The van der Waals surface area contributed by atoms with E-state index in [9.17, 15) is 0 Å². The van der Waals surface area contributed by atoms with Crippen molar-refractivity contribution in [3.05, 3.63) is 29.6 Å². The summed E-state index contributed by atoms with van der Waals surface area (Å²) in [6, 6.07) is 4.16. The van der Waals surface area contributed by atoms with Gasteiger partial charge in [0.25, 0.3) is 0 Å². The van der Waals surface area contributed by atoms with Crippen LogP contribution in [0, 0.1) is 12.8 Å². The predicted molar refractivity (Wildman–Crippen MR) is 81.7 cm³/mol. The molecule has 1 aliphatic heterocycles. The van der Waals surface area contributed by atoms with Gasteiger partial charge in [0, 0.05) is 32.9 Å². The zero-order chi connectivity index (χ0) is 14.2. The first-order valence-electron chi connectivity index (χ1n) is 7.62. The standard InChI is InChI=1S/C16H27N3O/c1-14-5-3-7-18-16(14)13-19-9-4-6-15(12-19)11-17-8-10-20-2/h3,5,7,15,17H,4,6,8-13H2,1-2H3. The molecule has 112 valence electrons. The number of methoxy groups -OCH3 is 1. The second-order valence-electron chi connectivity index (χ2n) is 5.71. The highest BCUT2D eigenvalue weighted by molar-refractivity contribution is 5.17. The fourth-order valence-electron chi connectivity index (χ4n) is 2.84. The van der Waals surface area contributed by atoms with Gasteiger partial charge in [0.2, 0.25) is 0 Å². The van der Waals surface area contributed by atoms with Crippen LogP contribution in [0.25, 0.3) is 0 Å². The lowest BCUT2D eigenvalue weighted by Gasteiger charge is -2.32. The second-order valence-corrected chi connectivity index (χ2v) is 5.71. The third-order valence-electron chi connectivity index (χ3n) is 4.01. The summed E-state index contributed by atoms with van der Waals surface area (Å²) in [6.45, 7) is 8.36. The van der Waals surface area contributed by atoms with E-state index >= 15 is 0 Å². The molecule has 1 atom stereocenters. The molecule has 0 amide bonds. The quantitative estimate of drug-likeness (QED) is 0.772. The van der Waals surface area contributed by atoms with Crippen LogP contribution in [0.5, 0.6) is 0 Å². The molecule has 2 heterocycles. The number of nitrogens with one attached hydrogen (secondary N) is 1. The number of rotatable bonds is 7. The fourth-order valence-corrected chi connectivity index (χ4v) is 2.84. The van der Waals surface area contributed by atoms with E-state index in [1.54, 1.807) is 7.11 Å². The number of aryl methyl sites for hydroxylation is 1. The van der Waals surface area contributed by atoms with E-state index < -0.39 is 0 Å². The summed E-state index contributed by atoms with van der Waals surface area (Å²) in [5.74, 6) is 0.754. The van der Waals surface area contributed by atoms with Gasteiger partial charge in [0.05, 0.1) is 12.3 Å². The Morgan fingerprint density at radius 2 is 2.40 bits per heavy atom. The normalized spacial score (nSPS) is 20.2. The molecular weight excluding hydrogens is 250 g/mol. The van der Waals surface area contributed by atoms with E-state index in [1.165, 1.54) is 37.2 Å². The minimum Gasteiger partial charge on any atom is -0.383 e. The third-order valence-corrected chi connectivity index (χ3v) is 4.01. The molecule has 4 heteroatoms. The minimum atomic E-state index is 0.754. The van der Waals surface area contributed by atoms with E-state index in [0.717, 1.165) is 32.2 Å². The number of pyridine rings is 1. The number of aromatic nitrogens is 1. The lowest BCUT2D eigenvalue weighted by molar-refractivity contribution is 0.157. The Morgan fingerprint density at radius 3 is 3.20 bits per heavy atom. The summed E-state index contributed by atoms with van der Waals surface area (Å²) >= 11 is 0. The molecule has 1 N–H and O–H groups in total. The highest BCUT2D eigenvalue weighted by atomic mass is 16.5. The van der Waals surface area contributed by atoms with Crippen LogP contribution in [-0.4, -0.2) is 49.8 Å². The number of ether oxygens (including phenoxy) is 1. The van der Waals surface area contributed by atoms with E-state index in [2.05, 4.69) is 28.2 Å². The molecular formula is C16H27N3O. The SMILES string of the molecule is COCCNCC1CCCN(Cc2ncccc2C)C1. The maximum Gasteiger partial charge on any atom is 0.0587 e. The van der Waals surface area contributed by atoms with E-state index in [1.807, 2.05) is 12.3 Å². The van der Waals surface area contributed by atoms with Crippen LogP contribution in [0.15, 0.2) is 18.3 Å². The Kier molecular flexibility index (Phi) is 6.43. The van der Waals surface area contributed by atoms with Crippen molar-refractivity contribution >= 4 is 0 Å². The van der Waals surface area contributed by atoms with Crippen molar-refractivity contribution in [3.8, 4) is 0 Å². The first-order chi connectivity index (χ1) is 9.79. The van der Waals surface area contributed by atoms with Crippen LogP contribution >= 0.6 is 0 Å². The number of piperidine rings is 1. The first-order valence-corrected chi connectivity index (χ1v) is 7.62. The van der Waals surface area contributed by atoms with Crippen LogP contribution in [0.4, 0.5) is 0 Å². The molecule has 20 heavy (non-hydrogen) atoms. The summed E-state index contributed by atoms with van der Waals surface area (Å²) < 4.78 is 5.06. The molecule has 1 saturated heterocycles. The minimum absolute atomic E-state index is 0.754. The Hall–Kier alpha value is -0.970. The van der Waals surface area contributed by atoms with Crippen LogP contribution < -0.4 is 5.32 Å². The molecule has 4 nitrogen and oxygen atoms in total. The van der Waals surface area contributed by atoms with Crippen molar-refractivity contribution in [3.63, 3.8) is 0 Å². The molecule has 1 unspecified atom stereocenters. The van der Waals surface area contributed by atoms with Gasteiger partial charge in [0.15, 0.2) is 0 Å². The largest absolute Gasteiger partial charge is 0.383 e. The lowest BCUT2D eigenvalue weighted by Crippen LogP contribution is -2.40. The number of likely N-dealkylation sites (tertiary alicyclic amines) is 1. The number of hydrogen-bond donors (Lipinski definition) is 1. The van der Waals surface area contributed by atoms with Gasteiger partial charge < -0.3 is 10.1 Å². The zero-order valence-electron chi connectivity index (χ0n) is 12.8. The van der Waals surface area contributed by atoms with Gasteiger partial charge >= 0.3 is 0 Å². The van der Waals surface area contributed by atoms with Gasteiger partial charge in [-0.15, -0.1) is 0 Å². The molecule has 0 aliphatic carbocycles. The highest BCUT2D eigenvalue weighted by Crippen LogP contribution is 2.18. The first kappa shape index (κ1) is 15.4. The topological polar surface area (TPSA) is 37.4 Å². The lowest BCUT2D eigenvalue weighted by atomic mass is 9.97. The summed E-state index contributed by atoms with van der Waals surface area (Å²) in [5.41, 5.74) is 2.52. The van der Waals surface area contributed by atoms with Crippen LogP contribution in [0.2, 0.25) is 0 Å². The summed E-state index contributed by atoms with van der Waals surface area (Å²) in [6.07, 6.45) is 4.52. The van der Waals surface area contributed by atoms with Crippen LogP contribution in [-0.2, 0) is 11.3 Å². The fraction of sp³-hybridized carbons (Fsp3) is 0.688. The molecule has 0 bridgehead atoms. The van der Waals surface area contributed by atoms with Crippen molar-refractivity contribution in [2.45, 2.75) is 26.3 Å². The Balaban J connectivity index is 1.77. The van der Waals surface area contributed by atoms with Crippen molar-refractivity contribution in [1.29, 1.82) is 0 Å². The Bertz CT molecular complexity index is 397. The van der Waals surface area contributed by atoms with Crippen LogP contribution in [0.3, 0.4) is 0 Å². The molecule has 0 aromatic carbocycles. The molecule has 1 aromatic heterocycles. The summed E-state index contributed by atoms with van der Waals surface area (Å²) in [4.78, 5) is 7.05. The van der Waals surface area contributed by atoms with Crippen molar-refractivity contribution in [1.82, 2.24) is 15.2 Å². The summed E-state index contributed by atoms with van der Waals surface area (Å²) in [5, 5.41) is 3.48. The van der Waals surface area contributed by atoms with Crippen molar-refractivity contribution in [2.75, 3.05) is 39.9 Å². The Labute approximate surface area is 122 Å². The second kappa shape index (κ2) is 8.35. The highest BCUT2D eigenvalue weighted by Gasteiger charge is 2.20. The number of nitrogens with zero attached hydrogens (tertiary/aromatic N) is 2. The molecule has 0 radical (unpaired) electrons. The molecule has 0 spiro atoms. The average Bonchev–Trinajstić information content (AvgIpc) is 2.47. The van der Waals surface area contributed by atoms with Gasteiger partial charge in [-0.3, -0.25) is 9.88 Å². The maximum atomic E-state index is 5.06. The van der Waals surface area contributed by atoms with Gasteiger partial charge in [-0.2, -0.15) is 0 Å². The van der Waals surface area contributed by atoms with E-state index in [4.69, 9.17) is 4.74 Å². The van der Waals surface area contributed by atoms with Gasteiger partial charge in [-0.1, -0.05) is 6.07 Å². The molecule has 0 saturated carbocycles. The van der Waals surface area contributed by atoms with Gasteiger partial charge in [-0.05, 0) is 50.4 Å². The van der Waals surface area contributed by atoms with E-state index in [-0.39, 0.29) is 0 Å². The van der Waals surface area contributed by atoms with Crippen molar-refractivity contribution in [2.24, 2.45) is 5.92 Å². The molecule has 2 rings (SSSR count).